The number of carbonyl (C=O) groups excluding carboxylic acids is 1. The molecule has 150 valence electrons. The van der Waals surface area contributed by atoms with Crippen LogP contribution in [-0.2, 0) is 14.8 Å². The molecule has 3 rings (SSSR count). The molecule has 0 aliphatic heterocycles. The molecule has 1 aromatic rings. The predicted octanol–water partition coefficient (Wildman–Crippen LogP) is 3.10. The van der Waals surface area contributed by atoms with Crippen molar-refractivity contribution in [2.45, 2.75) is 74.8 Å². The average molecular weight is 394 g/mol. The van der Waals surface area contributed by atoms with E-state index < -0.39 is 10.0 Å². The molecule has 27 heavy (non-hydrogen) atoms. The minimum atomic E-state index is -3.57. The van der Waals surface area contributed by atoms with Crippen LogP contribution in [0.2, 0.25) is 0 Å². The van der Waals surface area contributed by atoms with Crippen molar-refractivity contribution in [2.24, 2.45) is 11.7 Å². The molecule has 0 saturated heterocycles. The van der Waals surface area contributed by atoms with E-state index in [9.17, 15) is 13.2 Å². The number of nitrogens with zero attached hydrogens (tertiary/aromatic N) is 1. The Kier molecular flexibility index (Phi) is 6.55. The van der Waals surface area contributed by atoms with Crippen molar-refractivity contribution in [2.75, 3.05) is 12.4 Å². The summed E-state index contributed by atoms with van der Waals surface area (Å²) in [7, 11) is -1.90. The van der Waals surface area contributed by atoms with Crippen molar-refractivity contribution in [3.05, 3.63) is 24.3 Å². The maximum atomic E-state index is 13.0. The van der Waals surface area contributed by atoms with Gasteiger partial charge in [-0.15, -0.1) is 0 Å². The minimum Gasteiger partial charge on any atom is -0.328 e. The van der Waals surface area contributed by atoms with Crippen LogP contribution in [0.15, 0.2) is 29.2 Å². The highest BCUT2D eigenvalue weighted by atomic mass is 32.2. The number of benzene rings is 1. The van der Waals surface area contributed by atoms with Gasteiger partial charge in [-0.1, -0.05) is 31.7 Å². The summed E-state index contributed by atoms with van der Waals surface area (Å²) in [4.78, 5) is 12.8. The van der Waals surface area contributed by atoms with Crippen LogP contribution in [-0.4, -0.2) is 37.8 Å². The molecule has 3 N–H and O–H groups in total. The maximum absolute atomic E-state index is 13.0. The SMILES string of the molecule is CN(C1CCCCC1)S(=O)(=O)c1cccc(NC(=O)C2CCCC(N)C2)c1. The predicted molar refractivity (Wildman–Crippen MR) is 107 cm³/mol. The van der Waals surface area contributed by atoms with Crippen molar-refractivity contribution < 1.29 is 13.2 Å². The summed E-state index contributed by atoms with van der Waals surface area (Å²) in [6.07, 6.45) is 8.59. The standard InChI is InChI=1S/C20H31N3O3S/c1-23(18-10-3-2-4-11-18)27(25,26)19-12-6-9-17(14-19)22-20(24)15-7-5-8-16(21)13-15/h6,9,12,14-16,18H,2-5,7-8,10-11,13,21H2,1H3,(H,22,24). The molecule has 2 atom stereocenters. The Balaban J connectivity index is 1.71. The molecule has 0 bridgehead atoms. The van der Waals surface area contributed by atoms with Gasteiger partial charge in [0.05, 0.1) is 4.90 Å². The molecule has 0 aromatic heterocycles. The number of sulfonamides is 1. The third-order valence-corrected chi connectivity index (χ3v) is 7.86. The molecule has 2 aliphatic rings. The van der Waals surface area contributed by atoms with E-state index in [1.165, 1.54) is 10.7 Å². The number of hydrogen-bond donors (Lipinski definition) is 2. The lowest BCUT2D eigenvalue weighted by atomic mass is 9.85. The van der Waals surface area contributed by atoms with Crippen LogP contribution in [0.1, 0.15) is 57.8 Å². The zero-order chi connectivity index (χ0) is 19.4. The van der Waals surface area contributed by atoms with Crippen LogP contribution < -0.4 is 11.1 Å². The van der Waals surface area contributed by atoms with Crippen molar-refractivity contribution in [3.8, 4) is 0 Å². The van der Waals surface area contributed by atoms with Crippen molar-refractivity contribution in [3.63, 3.8) is 0 Å². The number of hydrogen-bond acceptors (Lipinski definition) is 4. The molecular weight excluding hydrogens is 362 g/mol. The van der Waals surface area contributed by atoms with Gasteiger partial charge >= 0.3 is 0 Å². The first kappa shape index (κ1) is 20.3. The Morgan fingerprint density at radius 2 is 1.85 bits per heavy atom. The second kappa shape index (κ2) is 8.71. The van der Waals surface area contributed by atoms with Crippen molar-refractivity contribution >= 4 is 21.6 Å². The van der Waals surface area contributed by atoms with Gasteiger partial charge < -0.3 is 11.1 Å². The van der Waals surface area contributed by atoms with E-state index in [0.29, 0.717) is 12.1 Å². The fourth-order valence-electron chi connectivity index (χ4n) is 4.25. The molecule has 1 aromatic carbocycles. The molecule has 0 spiro atoms. The molecule has 0 radical (unpaired) electrons. The van der Waals surface area contributed by atoms with Crippen LogP contribution in [0.5, 0.6) is 0 Å². The maximum Gasteiger partial charge on any atom is 0.243 e. The van der Waals surface area contributed by atoms with Gasteiger partial charge in [-0.3, -0.25) is 4.79 Å². The molecule has 2 unspecified atom stereocenters. The molecule has 0 heterocycles. The Morgan fingerprint density at radius 3 is 2.56 bits per heavy atom. The van der Waals surface area contributed by atoms with Gasteiger partial charge in [0, 0.05) is 30.7 Å². The van der Waals surface area contributed by atoms with Gasteiger partial charge in [-0.05, 0) is 50.3 Å². The monoisotopic (exact) mass is 393 g/mol. The van der Waals surface area contributed by atoms with E-state index in [2.05, 4.69) is 5.32 Å². The second-order valence-corrected chi connectivity index (χ2v) is 9.95. The zero-order valence-corrected chi connectivity index (χ0v) is 16.9. The Labute approximate surface area is 162 Å². The van der Waals surface area contributed by atoms with Crippen LogP contribution in [0.3, 0.4) is 0 Å². The van der Waals surface area contributed by atoms with E-state index in [4.69, 9.17) is 5.73 Å². The first-order chi connectivity index (χ1) is 12.9. The summed E-state index contributed by atoms with van der Waals surface area (Å²) in [6, 6.07) is 6.72. The molecular formula is C20H31N3O3S. The molecule has 7 heteroatoms. The lowest BCUT2D eigenvalue weighted by Gasteiger charge is -2.30. The highest BCUT2D eigenvalue weighted by Crippen LogP contribution is 2.28. The van der Waals surface area contributed by atoms with E-state index in [-0.39, 0.29) is 28.8 Å². The summed E-state index contributed by atoms with van der Waals surface area (Å²) in [5.41, 5.74) is 6.50. The number of anilines is 1. The summed E-state index contributed by atoms with van der Waals surface area (Å²) < 4.78 is 27.5. The Hall–Kier alpha value is -1.44. The fourth-order valence-corrected chi connectivity index (χ4v) is 5.71. The normalized spacial score (nSPS) is 24.7. The number of nitrogens with one attached hydrogen (secondary N) is 1. The first-order valence-electron chi connectivity index (χ1n) is 10.0. The largest absolute Gasteiger partial charge is 0.328 e. The zero-order valence-electron chi connectivity index (χ0n) is 16.1. The number of carbonyl (C=O) groups is 1. The summed E-state index contributed by atoms with van der Waals surface area (Å²) in [6.45, 7) is 0. The van der Waals surface area contributed by atoms with Crippen LogP contribution >= 0.6 is 0 Å². The quantitative estimate of drug-likeness (QED) is 0.804. The van der Waals surface area contributed by atoms with Gasteiger partial charge in [0.25, 0.3) is 0 Å². The Bertz CT molecular complexity index is 759. The van der Waals surface area contributed by atoms with Crippen LogP contribution in [0.4, 0.5) is 5.69 Å². The smallest absolute Gasteiger partial charge is 0.243 e. The van der Waals surface area contributed by atoms with E-state index >= 15 is 0 Å². The number of rotatable bonds is 5. The number of amides is 1. The first-order valence-corrected chi connectivity index (χ1v) is 11.5. The van der Waals surface area contributed by atoms with Crippen LogP contribution in [0, 0.1) is 5.92 Å². The third kappa shape index (κ3) is 4.89. The summed E-state index contributed by atoms with van der Waals surface area (Å²) in [5.74, 6) is -0.167. The fraction of sp³-hybridized carbons (Fsp3) is 0.650. The van der Waals surface area contributed by atoms with Gasteiger partial charge in [0.1, 0.15) is 0 Å². The summed E-state index contributed by atoms with van der Waals surface area (Å²) in [5, 5.41) is 2.89. The Morgan fingerprint density at radius 1 is 1.11 bits per heavy atom. The van der Waals surface area contributed by atoms with Gasteiger partial charge in [0.2, 0.25) is 15.9 Å². The van der Waals surface area contributed by atoms with Gasteiger partial charge in [0.15, 0.2) is 0 Å². The highest BCUT2D eigenvalue weighted by Gasteiger charge is 2.30. The van der Waals surface area contributed by atoms with E-state index in [0.717, 1.165) is 44.9 Å². The topological polar surface area (TPSA) is 92.5 Å². The highest BCUT2D eigenvalue weighted by molar-refractivity contribution is 7.89. The molecule has 1 amide bonds. The lowest BCUT2D eigenvalue weighted by molar-refractivity contribution is -0.120. The van der Waals surface area contributed by atoms with Gasteiger partial charge in [-0.25, -0.2) is 8.42 Å². The molecule has 6 nitrogen and oxygen atoms in total. The molecule has 2 aliphatic carbocycles. The van der Waals surface area contributed by atoms with E-state index in [1.54, 1.807) is 31.3 Å². The van der Waals surface area contributed by atoms with Crippen molar-refractivity contribution in [1.82, 2.24) is 4.31 Å². The molecule has 2 saturated carbocycles. The second-order valence-electron chi connectivity index (χ2n) is 7.95. The minimum absolute atomic E-state index is 0.0609. The molecule has 2 fully saturated rings. The lowest BCUT2D eigenvalue weighted by Crippen LogP contribution is -2.38. The summed E-state index contributed by atoms with van der Waals surface area (Å²) >= 11 is 0. The van der Waals surface area contributed by atoms with Crippen molar-refractivity contribution in [1.29, 1.82) is 0 Å². The van der Waals surface area contributed by atoms with Gasteiger partial charge in [-0.2, -0.15) is 4.31 Å². The average Bonchev–Trinajstić information content (AvgIpc) is 2.68. The third-order valence-electron chi connectivity index (χ3n) is 5.95. The van der Waals surface area contributed by atoms with E-state index in [1.807, 2.05) is 0 Å². The van der Waals surface area contributed by atoms with Crippen LogP contribution in [0.25, 0.3) is 0 Å². The number of nitrogens with two attached hydrogens (primary N) is 1.